The van der Waals surface area contributed by atoms with E-state index in [4.69, 9.17) is 4.74 Å². The van der Waals surface area contributed by atoms with Gasteiger partial charge < -0.3 is 10.1 Å². The quantitative estimate of drug-likeness (QED) is 0.753. The van der Waals surface area contributed by atoms with Crippen molar-refractivity contribution in [2.75, 3.05) is 20.2 Å². The van der Waals surface area contributed by atoms with Crippen molar-refractivity contribution in [1.29, 1.82) is 0 Å². The van der Waals surface area contributed by atoms with Crippen LogP contribution < -0.4 is 5.32 Å². The number of hydrogen-bond acceptors (Lipinski definition) is 4. The number of esters is 1. The fourth-order valence-corrected chi connectivity index (χ4v) is 2.99. The molecule has 1 aliphatic heterocycles. The second kappa shape index (κ2) is 5.17. The van der Waals surface area contributed by atoms with E-state index in [0.717, 1.165) is 19.5 Å². The first-order valence-electron chi connectivity index (χ1n) is 7.07. The molecule has 2 atom stereocenters. The predicted molar refractivity (Wildman–Crippen MR) is 71.4 cm³/mol. The molecule has 1 saturated heterocycles. The molecule has 0 bridgehead atoms. The van der Waals surface area contributed by atoms with Crippen LogP contribution in [0, 0.1) is 5.92 Å². The molecule has 0 aromatic carbocycles. The van der Waals surface area contributed by atoms with Crippen LogP contribution in [0.4, 0.5) is 0 Å². The zero-order valence-corrected chi connectivity index (χ0v) is 12.0. The molecule has 2 rings (SSSR count). The summed E-state index contributed by atoms with van der Waals surface area (Å²) < 4.78 is 5.04. The molecule has 1 heterocycles. The lowest BCUT2D eigenvalue weighted by molar-refractivity contribution is -0.148. The fourth-order valence-electron chi connectivity index (χ4n) is 2.99. The van der Waals surface area contributed by atoms with E-state index < -0.39 is 5.54 Å². The van der Waals surface area contributed by atoms with Crippen molar-refractivity contribution >= 4 is 5.97 Å². The Balaban J connectivity index is 2.08. The summed E-state index contributed by atoms with van der Waals surface area (Å²) in [5.74, 6) is 0.440. The summed E-state index contributed by atoms with van der Waals surface area (Å²) in [4.78, 5) is 14.6. The number of carbonyl (C=O) groups excluding carboxylic acids is 1. The van der Waals surface area contributed by atoms with E-state index in [9.17, 15) is 4.79 Å². The van der Waals surface area contributed by atoms with Gasteiger partial charge in [0.2, 0.25) is 0 Å². The molecular formula is C14H26N2O2. The maximum Gasteiger partial charge on any atom is 0.327 e. The number of ether oxygens (including phenoxy) is 1. The van der Waals surface area contributed by atoms with Crippen molar-refractivity contribution in [1.82, 2.24) is 10.2 Å². The van der Waals surface area contributed by atoms with Gasteiger partial charge in [-0.2, -0.15) is 0 Å². The number of likely N-dealkylation sites (tertiary alicyclic amines) is 1. The van der Waals surface area contributed by atoms with E-state index in [1.807, 2.05) is 0 Å². The smallest absolute Gasteiger partial charge is 0.327 e. The second-order valence-electron chi connectivity index (χ2n) is 6.31. The van der Waals surface area contributed by atoms with E-state index in [1.165, 1.54) is 20.0 Å². The summed E-state index contributed by atoms with van der Waals surface area (Å²) in [6, 6.07) is 1.17. The first-order valence-corrected chi connectivity index (χ1v) is 7.07. The summed E-state index contributed by atoms with van der Waals surface area (Å²) in [5.41, 5.74) is -0.485. The Morgan fingerprint density at radius 1 is 1.50 bits per heavy atom. The van der Waals surface area contributed by atoms with Crippen molar-refractivity contribution in [3.05, 3.63) is 0 Å². The lowest BCUT2D eigenvalue weighted by Gasteiger charge is -2.28. The van der Waals surface area contributed by atoms with Gasteiger partial charge in [-0.25, -0.2) is 0 Å². The second-order valence-corrected chi connectivity index (χ2v) is 6.31. The third kappa shape index (κ3) is 2.69. The fraction of sp³-hybridized carbons (Fsp3) is 0.929. The van der Waals surface area contributed by atoms with Crippen molar-refractivity contribution in [3.8, 4) is 0 Å². The normalized spacial score (nSPS) is 33.1. The Morgan fingerprint density at radius 2 is 2.17 bits per heavy atom. The Morgan fingerprint density at radius 3 is 2.67 bits per heavy atom. The van der Waals surface area contributed by atoms with Gasteiger partial charge >= 0.3 is 5.97 Å². The van der Waals surface area contributed by atoms with E-state index in [1.54, 1.807) is 0 Å². The molecule has 104 valence electrons. The van der Waals surface area contributed by atoms with Crippen LogP contribution >= 0.6 is 0 Å². The summed E-state index contributed by atoms with van der Waals surface area (Å²) in [7, 11) is 1.49. The van der Waals surface area contributed by atoms with Gasteiger partial charge in [0.1, 0.15) is 5.54 Å². The molecule has 0 amide bonds. The number of rotatable bonds is 5. The Bertz CT molecular complexity index is 315. The van der Waals surface area contributed by atoms with Crippen LogP contribution in [0.1, 0.15) is 40.0 Å². The van der Waals surface area contributed by atoms with Crippen LogP contribution in [0.5, 0.6) is 0 Å². The largest absolute Gasteiger partial charge is 0.468 e. The van der Waals surface area contributed by atoms with Gasteiger partial charge in [0.25, 0.3) is 0 Å². The highest BCUT2D eigenvalue weighted by Gasteiger charge is 2.51. The third-order valence-corrected chi connectivity index (χ3v) is 4.10. The van der Waals surface area contributed by atoms with Crippen molar-refractivity contribution in [3.63, 3.8) is 0 Å². The van der Waals surface area contributed by atoms with Crippen LogP contribution in [0.3, 0.4) is 0 Å². The average molecular weight is 254 g/mol. The molecule has 4 heteroatoms. The zero-order valence-electron chi connectivity index (χ0n) is 12.0. The van der Waals surface area contributed by atoms with Gasteiger partial charge in [-0.1, -0.05) is 13.8 Å². The number of hydrogen-bond donors (Lipinski definition) is 1. The standard InChI is InChI=1S/C14H26N2O2/c1-10(2)8-15-14(13(17)18-4)7-11(3)16(9-14)12-5-6-12/h10-12,15H,5-9H2,1-4H3. The molecule has 2 fully saturated rings. The van der Waals surface area contributed by atoms with E-state index in [0.29, 0.717) is 18.0 Å². The minimum absolute atomic E-state index is 0.0989. The van der Waals surface area contributed by atoms with E-state index in [-0.39, 0.29) is 5.97 Å². The SMILES string of the molecule is COC(=O)C1(NCC(C)C)CC(C)N(C2CC2)C1. The molecule has 1 N–H and O–H groups in total. The molecule has 0 spiro atoms. The number of nitrogens with zero attached hydrogens (tertiary/aromatic N) is 1. The van der Waals surface area contributed by atoms with E-state index in [2.05, 4.69) is 31.0 Å². The van der Waals surface area contributed by atoms with E-state index >= 15 is 0 Å². The highest BCUT2D eigenvalue weighted by atomic mass is 16.5. The molecule has 4 nitrogen and oxygen atoms in total. The molecule has 0 radical (unpaired) electrons. The van der Waals surface area contributed by atoms with Crippen molar-refractivity contribution in [2.45, 2.75) is 57.7 Å². The number of nitrogens with one attached hydrogen (secondary N) is 1. The lowest BCUT2D eigenvalue weighted by atomic mass is 9.95. The number of methoxy groups -OCH3 is 1. The minimum Gasteiger partial charge on any atom is -0.468 e. The Labute approximate surface area is 110 Å². The zero-order chi connectivity index (χ0) is 13.3. The van der Waals surface area contributed by atoms with Crippen molar-refractivity contribution < 1.29 is 9.53 Å². The first-order chi connectivity index (χ1) is 8.48. The van der Waals surface area contributed by atoms with Gasteiger partial charge in [-0.15, -0.1) is 0 Å². The molecule has 18 heavy (non-hydrogen) atoms. The molecule has 0 aromatic rings. The third-order valence-electron chi connectivity index (χ3n) is 4.10. The Kier molecular flexibility index (Phi) is 3.97. The van der Waals surface area contributed by atoms with Crippen LogP contribution in [-0.4, -0.2) is 48.7 Å². The molecule has 1 aliphatic carbocycles. The molecule has 1 saturated carbocycles. The lowest BCUT2D eigenvalue weighted by Crippen LogP contribution is -2.55. The molecule has 0 aromatic heterocycles. The summed E-state index contributed by atoms with van der Waals surface area (Å²) in [6.07, 6.45) is 3.43. The van der Waals surface area contributed by atoms with Gasteiger partial charge in [0.05, 0.1) is 7.11 Å². The topological polar surface area (TPSA) is 41.6 Å². The van der Waals surface area contributed by atoms with Crippen LogP contribution in [0.15, 0.2) is 0 Å². The molecule has 2 unspecified atom stereocenters. The summed E-state index contributed by atoms with van der Waals surface area (Å²) in [5, 5.41) is 3.47. The van der Waals surface area contributed by atoms with Gasteiger partial charge in [0.15, 0.2) is 0 Å². The first kappa shape index (κ1) is 13.8. The monoisotopic (exact) mass is 254 g/mol. The van der Waals surface area contributed by atoms with Crippen LogP contribution in [0.2, 0.25) is 0 Å². The van der Waals surface area contributed by atoms with Gasteiger partial charge in [-0.3, -0.25) is 9.69 Å². The maximum atomic E-state index is 12.2. The molecule has 2 aliphatic rings. The Hall–Kier alpha value is -0.610. The highest BCUT2D eigenvalue weighted by molar-refractivity contribution is 5.81. The van der Waals surface area contributed by atoms with Crippen LogP contribution in [-0.2, 0) is 9.53 Å². The predicted octanol–water partition coefficient (Wildman–Crippen LogP) is 1.40. The van der Waals surface area contributed by atoms with Gasteiger partial charge in [0, 0.05) is 18.6 Å². The molecular weight excluding hydrogens is 228 g/mol. The summed E-state index contributed by atoms with van der Waals surface area (Å²) in [6.45, 7) is 8.21. The number of carbonyl (C=O) groups is 1. The summed E-state index contributed by atoms with van der Waals surface area (Å²) >= 11 is 0. The van der Waals surface area contributed by atoms with Gasteiger partial charge in [-0.05, 0) is 38.6 Å². The van der Waals surface area contributed by atoms with Crippen molar-refractivity contribution in [2.24, 2.45) is 5.92 Å². The van der Waals surface area contributed by atoms with Crippen LogP contribution in [0.25, 0.3) is 0 Å². The minimum atomic E-state index is -0.485. The highest BCUT2D eigenvalue weighted by Crippen LogP contribution is 2.37. The maximum absolute atomic E-state index is 12.2. The average Bonchev–Trinajstić information content (AvgIpc) is 3.11.